The summed E-state index contributed by atoms with van der Waals surface area (Å²) >= 11 is 7.66. The summed E-state index contributed by atoms with van der Waals surface area (Å²) < 4.78 is 5.42. The number of hydrogen-bond acceptors (Lipinski definition) is 5. The number of aryl methyl sites for hydroxylation is 1. The SMILES string of the molecule is Cc1ccc([C@@H](NCc2nc(-c3ccc(Cl)cc3)no2)c2cccs2)cc1. The molecule has 0 amide bonds. The smallest absolute Gasteiger partial charge is 0.240 e. The van der Waals surface area contributed by atoms with Gasteiger partial charge in [-0.05, 0) is 48.2 Å². The molecule has 2 aromatic heterocycles. The topological polar surface area (TPSA) is 51.0 Å². The molecule has 0 spiro atoms. The Morgan fingerprint density at radius 3 is 2.56 bits per heavy atom. The van der Waals surface area contributed by atoms with E-state index in [-0.39, 0.29) is 6.04 Å². The van der Waals surface area contributed by atoms with Crippen molar-refractivity contribution in [2.24, 2.45) is 0 Å². The van der Waals surface area contributed by atoms with Crippen LogP contribution in [-0.2, 0) is 6.54 Å². The van der Waals surface area contributed by atoms with Crippen LogP contribution in [-0.4, -0.2) is 10.1 Å². The zero-order valence-electron chi connectivity index (χ0n) is 14.7. The molecule has 6 heteroatoms. The van der Waals surface area contributed by atoms with Crippen LogP contribution in [0.2, 0.25) is 5.02 Å². The Hall–Kier alpha value is -2.47. The van der Waals surface area contributed by atoms with Crippen molar-refractivity contribution in [3.8, 4) is 11.4 Å². The van der Waals surface area contributed by atoms with Gasteiger partial charge in [-0.1, -0.05) is 52.7 Å². The molecule has 0 fully saturated rings. The largest absolute Gasteiger partial charge is 0.338 e. The van der Waals surface area contributed by atoms with Crippen LogP contribution < -0.4 is 5.32 Å². The van der Waals surface area contributed by atoms with Gasteiger partial charge in [-0.3, -0.25) is 5.32 Å². The second-order valence-corrected chi connectivity index (χ2v) is 7.67. The molecule has 0 aliphatic rings. The Morgan fingerprint density at radius 1 is 1.07 bits per heavy atom. The molecule has 0 saturated heterocycles. The Balaban J connectivity index is 1.51. The number of thiophene rings is 1. The molecule has 4 aromatic rings. The maximum absolute atomic E-state index is 5.93. The molecule has 2 heterocycles. The summed E-state index contributed by atoms with van der Waals surface area (Å²) in [6, 6.07) is 20.2. The summed E-state index contributed by atoms with van der Waals surface area (Å²) in [6.07, 6.45) is 0. The highest BCUT2D eigenvalue weighted by Crippen LogP contribution is 2.27. The van der Waals surface area contributed by atoms with Crippen molar-refractivity contribution >= 4 is 22.9 Å². The zero-order valence-corrected chi connectivity index (χ0v) is 16.3. The third-order valence-corrected chi connectivity index (χ3v) is 5.46. The molecule has 4 nitrogen and oxygen atoms in total. The molecule has 136 valence electrons. The highest BCUT2D eigenvalue weighted by Gasteiger charge is 2.17. The van der Waals surface area contributed by atoms with Gasteiger partial charge in [0.15, 0.2) is 0 Å². The van der Waals surface area contributed by atoms with E-state index >= 15 is 0 Å². The summed E-state index contributed by atoms with van der Waals surface area (Å²) in [7, 11) is 0. The average molecular weight is 396 g/mol. The molecule has 0 aliphatic heterocycles. The molecule has 1 atom stereocenters. The van der Waals surface area contributed by atoms with Crippen LogP contribution in [0.5, 0.6) is 0 Å². The van der Waals surface area contributed by atoms with Gasteiger partial charge in [-0.25, -0.2) is 0 Å². The Bertz CT molecular complexity index is 995. The third kappa shape index (κ3) is 4.27. The van der Waals surface area contributed by atoms with E-state index in [2.05, 4.69) is 64.2 Å². The van der Waals surface area contributed by atoms with Crippen molar-refractivity contribution in [3.63, 3.8) is 0 Å². The molecule has 0 radical (unpaired) electrons. The first-order chi connectivity index (χ1) is 13.2. The Kier molecular flexibility index (Phi) is 5.34. The van der Waals surface area contributed by atoms with Crippen LogP contribution in [0.25, 0.3) is 11.4 Å². The van der Waals surface area contributed by atoms with Gasteiger partial charge in [0.1, 0.15) is 0 Å². The lowest BCUT2D eigenvalue weighted by atomic mass is 10.0. The van der Waals surface area contributed by atoms with E-state index < -0.39 is 0 Å². The molecule has 2 aromatic carbocycles. The first-order valence-electron chi connectivity index (χ1n) is 8.61. The highest BCUT2D eigenvalue weighted by molar-refractivity contribution is 7.10. The fraction of sp³-hybridized carbons (Fsp3) is 0.143. The molecule has 1 N–H and O–H groups in total. The van der Waals surface area contributed by atoms with E-state index in [9.17, 15) is 0 Å². The monoisotopic (exact) mass is 395 g/mol. The quantitative estimate of drug-likeness (QED) is 0.459. The van der Waals surface area contributed by atoms with Gasteiger partial charge in [-0.2, -0.15) is 4.98 Å². The number of nitrogens with one attached hydrogen (secondary N) is 1. The Morgan fingerprint density at radius 2 is 1.85 bits per heavy atom. The molecule has 0 unspecified atom stereocenters. The van der Waals surface area contributed by atoms with E-state index in [1.807, 2.05) is 24.3 Å². The standard InChI is InChI=1S/C21H18ClN3OS/c1-14-4-6-15(7-5-14)20(18-3-2-12-27-18)23-13-19-24-21(25-26-19)16-8-10-17(22)11-9-16/h2-12,20,23H,13H2,1H3/t20-/m1/s1. The first kappa shape index (κ1) is 17.9. The lowest BCUT2D eigenvalue weighted by Gasteiger charge is -2.17. The van der Waals surface area contributed by atoms with Gasteiger partial charge in [0.05, 0.1) is 12.6 Å². The van der Waals surface area contributed by atoms with Gasteiger partial charge < -0.3 is 4.52 Å². The van der Waals surface area contributed by atoms with E-state index in [1.54, 1.807) is 11.3 Å². The number of nitrogens with zero attached hydrogens (tertiary/aromatic N) is 2. The molecule has 0 bridgehead atoms. The minimum absolute atomic E-state index is 0.0801. The summed E-state index contributed by atoms with van der Waals surface area (Å²) in [5, 5.41) is 10.4. The number of aromatic nitrogens is 2. The average Bonchev–Trinajstić information content (AvgIpc) is 3.36. The van der Waals surface area contributed by atoms with Crippen molar-refractivity contribution in [3.05, 3.63) is 93.0 Å². The van der Waals surface area contributed by atoms with Crippen LogP contribution in [0.1, 0.15) is 27.9 Å². The van der Waals surface area contributed by atoms with Gasteiger partial charge in [-0.15, -0.1) is 11.3 Å². The second-order valence-electron chi connectivity index (χ2n) is 6.26. The summed E-state index contributed by atoms with van der Waals surface area (Å²) in [5.74, 6) is 1.11. The zero-order chi connectivity index (χ0) is 18.6. The van der Waals surface area contributed by atoms with Crippen LogP contribution in [0, 0.1) is 6.92 Å². The predicted octanol–water partition coefficient (Wildman–Crippen LogP) is 5.64. The summed E-state index contributed by atoms with van der Waals surface area (Å²) in [5.41, 5.74) is 3.33. The highest BCUT2D eigenvalue weighted by atomic mass is 35.5. The maximum atomic E-state index is 5.93. The van der Waals surface area contributed by atoms with Gasteiger partial charge in [0.2, 0.25) is 11.7 Å². The van der Waals surface area contributed by atoms with Crippen molar-refractivity contribution in [2.75, 3.05) is 0 Å². The fourth-order valence-corrected chi connectivity index (χ4v) is 3.78. The van der Waals surface area contributed by atoms with Crippen molar-refractivity contribution in [1.82, 2.24) is 15.5 Å². The number of rotatable bonds is 6. The molecule has 27 heavy (non-hydrogen) atoms. The Labute approximate surface area is 166 Å². The third-order valence-electron chi connectivity index (χ3n) is 4.27. The van der Waals surface area contributed by atoms with E-state index in [1.165, 1.54) is 16.0 Å². The van der Waals surface area contributed by atoms with E-state index in [4.69, 9.17) is 16.1 Å². The van der Waals surface area contributed by atoms with Crippen molar-refractivity contribution in [1.29, 1.82) is 0 Å². The molecule has 0 aliphatic carbocycles. The number of halogens is 1. The second kappa shape index (κ2) is 8.05. The van der Waals surface area contributed by atoms with Gasteiger partial charge >= 0.3 is 0 Å². The molecule has 4 rings (SSSR count). The lowest BCUT2D eigenvalue weighted by molar-refractivity contribution is 0.363. The molecular weight excluding hydrogens is 378 g/mol. The van der Waals surface area contributed by atoms with Crippen LogP contribution in [0.4, 0.5) is 0 Å². The van der Waals surface area contributed by atoms with Gasteiger partial charge in [0, 0.05) is 15.5 Å². The van der Waals surface area contributed by atoms with Crippen LogP contribution >= 0.6 is 22.9 Å². The van der Waals surface area contributed by atoms with Crippen molar-refractivity contribution < 1.29 is 4.52 Å². The van der Waals surface area contributed by atoms with E-state index in [0.29, 0.717) is 23.3 Å². The normalized spacial score (nSPS) is 12.2. The number of benzene rings is 2. The fourth-order valence-electron chi connectivity index (χ4n) is 2.83. The molecule has 0 saturated carbocycles. The molecular formula is C21H18ClN3OS. The van der Waals surface area contributed by atoms with E-state index in [0.717, 1.165) is 5.56 Å². The van der Waals surface area contributed by atoms with Crippen molar-refractivity contribution in [2.45, 2.75) is 19.5 Å². The lowest BCUT2D eigenvalue weighted by Crippen LogP contribution is -2.21. The summed E-state index contributed by atoms with van der Waals surface area (Å²) in [6.45, 7) is 2.57. The summed E-state index contributed by atoms with van der Waals surface area (Å²) in [4.78, 5) is 5.74. The minimum atomic E-state index is 0.0801. The predicted molar refractivity (Wildman–Crippen MR) is 109 cm³/mol. The van der Waals surface area contributed by atoms with Crippen LogP contribution in [0.3, 0.4) is 0 Å². The van der Waals surface area contributed by atoms with Crippen LogP contribution in [0.15, 0.2) is 70.6 Å². The maximum Gasteiger partial charge on any atom is 0.240 e. The number of hydrogen-bond donors (Lipinski definition) is 1. The van der Waals surface area contributed by atoms with Gasteiger partial charge in [0.25, 0.3) is 0 Å². The first-order valence-corrected chi connectivity index (χ1v) is 9.87. The minimum Gasteiger partial charge on any atom is -0.338 e.